The number of carbonyl (C=O) groups is 1. The average Bonchev–Trinajstić information content (AvgIpc) is 3.41. The monoisotopic (exact) mass is 609 g/mol. The Morgan fingerprint density at radius 2 is 1.58 bits per heavy atom. The van der Waals surface area contributed by atoms with Crippen molar-refractivity contribution >= 4 is 47.0 Å². The third-order valence-electron chi connectivity index (χ3n) is 7.24. The Kier molecular flexibility index (Phi) is 9.98. The molecule has 0 unspecified atom stereocenters. The molecule has 43 heavy (non-hydrogen) atoms. The average molecular weight is 611 g/mol. The van der Waals surface area contributed by atoms with Crippen molar-refractivity contribution in [2.45, 2.75) is 39.3 Å². The molecule has 0 radical (unpaired) electrons. The van der Waals surface area contributed by atoms with Crippen molar-refractivity contribution in [3.8, 4) is 11.3 Å². The number of benzene rings is 4. The van der Waals surface area contributed by atoms with Crippen LogP contribution in [0.5, 0.6) is 0 Å². The molecule has 0 aliphatic heterocycles. The standard InChI is InChI=1S/C36H33Cl2N3O2/c1-2-3-4-25-5-7-27(8-6-25)22-39-31-17-11-26(12-18-31)13-20-35-40-34(32-19-16-30(37)21-33(32)38)24-41(35)23-28-9-14-29(15-10-28)36(42)43/h5-21,24,39H,2-4,22-23H2,1H3,(H,42,43). The van der Waals surface area contributed by atoms with Crippen molar-refractivity contribution in [2.24, 2.45) is 0 Å². The summed E-state index contributed by atoms with van der Waals surface area (Å²) in [6, 6.07) is 29.3. The molecule has 218 valence electrons. The predicted octanol–water partition coefficient (Wildman–Crippen LogP) is 9.73. The normalized spacial score (nSPS) is 11.2. The first-order chi connectivity index (χ1) is 20.9. The van der Waals surface area contributed by atoms with E-state index in [0.29, 0.717) is 16.6 Å². The highest BCUT2D eigenvalue weighted by molar-refractivity contribution is 6.36. The third-order valence-corrected chi connectivity index (χ3v) is 7.79. The number of carboxylic acid groups (broad SMARTS) is 1. The minimum absolute atomic E-state index is 0.251. The van der Waals surface area contributed by atoms with E-state index < -0.39 is 5.97 Å². The second-order valence-corrected chi connectivity index (χ2v) is 11.3. The number of aromatic nitrogens is 2. The number of carboxylic acids is 1. The van der Waals surface area contributed by atoms with Crippen LogP contribution in [0.15, 0.2) is 97.2 Å². The molecule has 0 fully saturated rings. The fourth-order valence-corrected chi connectivity index (χ4v) is 5.26. The van der Waals surface area contributed by atoms with Crippen LogP contribution in [-0.2, 0) is 19.5 Å². The van der Waals surface area contributed by atoms with Gasteiger partial charge in [-0.15, -0.1) is 0 Å². The quantitative estimate of drug-likeness (QED) is 0.148. The minimum Gasteiger partial charge on any atom is -0.478 e. The molecule has 7 heteroatoms. The first-order valence-electron chi connectivity index (χ1n) is 14.3. The highest BCUT2D eigenvalue weighted by atomic mass is 35.5. The van der Waals surface area contributed by atoms with Crippen LogP contribution < -0.4 is 5.32 Å². The zero-order chi connectivity index (χ0) is 30.2. The van der Waals surface area contributed by atoms with Gasteiger partial charge < -0.3 is 15.0 Å². The van der Waals surface area contributed by atoms with E-state index >= 15 is 0 Å². The Hall–Kier alpha value is -4.32. The zero-order valence-electron chi connectivity index (χ0n) is 23.9. The molecule has 1 aromatic heterocycles. The summed E-state index contributed by atoms with van der Waals surface area (Å²) in [7, 11) is 0. The van der Waals surface area contributed by atoms with Crippen LogP contribution in [0.3, 0.4) is 0 Å². The number of halogens is 2. The molecule has 1 heterocycles. The van der Waals surface area contributed by atoms with Gasteiger partial charge in [0.2, 0.25) is 0 Å². The largest absolute Gasteiger partial charge is 0.478 e. The molecule has 0 bridgehead atoms. The van der Waals surface area contributed by atoms with Gasteiger partial charge in [-0.25, -0.2) is 9.78 Å². The molecule has 5 rings (SSSR count). The number of aryl methyl sites for hydroxylation is 1. The van der Waals surface area contributed by atoms with E-state index in [-0.39, 0.29) is 5.56 Å². The van der Waals surface area contributed by atoms with E-state index in [4.69, 9.17) is 28.2 Å². The van der Waals surface area contributed by atoms with Gasteiger partial charge in [-0.3, -0.25) is 0 Å². The molecule has 0 amide bonds. The van der Waals surface area contributed by atoms with Crippen molar-refractivity contribution < 1.29 is 9.90 Å². The molecule has 4 aromatic carbocycles. The van der Waals surface area contributed by atoms with Crippen LogP contribution in [0, 0.1) is 0 Å². The number of hydrogen-bond donors (Lipinski definition) is 2. The van der Waals surface area contributed by atoms with E-state index in [9.17, 15) is 9.90 Å². The number of anilines is 1. The van der Waals surface area contributed by atoms with Gasteiger partial charge in [0, 0.05) is 35.6 Å². The number of rotatable bonds is 12. The van der Waals surface area contributed by atoms with Gasteiger partial charge >= 0.3 is 5.97 Å². The van der Waals surface area contributed by atoms with Crippen LogP contribution in [0.25, 0.3) is 23.4 Å². The number of hydrogen-bond acceptors (Lipinski definition) is 3. The van der Waals surface area contributed by atoms with E-state index in [1.807, 2.05) is 41.1 Å². The summed E-state index contributed by atoms with van der Waals surface area (Å²) >= 11 is 12.6. The SMILES string of the molecule is CCCCc1ccc(CNc2ccc(C=Cc3nc(-c4ccc(Cl)cc4Cl)cn3Cc3ccc(C(=O)O)cc3)cc2)cc1. The zero-order valence-corrected chi connectivity index (χ0v) is 25.4. The Bertz CT molecular complexity index is 1710. The lowest BCUT2D eigenvalue weighted by Gasteiger charge is -2.08. The fourth-order valence-electron chi connectivity index (χ4n) is 4.76. The summed E-state index contributed by atoms with van der Waals surface area (Å²) in [6.45, 7) is 3.50. The number of nitrogens with one attached hydrogen (secondary N) is 1. The maximum Gasteiger partial charge on any atom is 0.335 e. The van der Waals surface area contributed by atoms with Crippen molar-refractivity contribution in [3.63, 3.8) is 0 Å². The second-order valence-electron chi connectivity index (χ2n) is 10.5. The van der Waals surface area contributed by atoms with Crippen LogP contribution in [0.4, 0.5) is 5.69 Å². The number of aromatic carboxylic acids is 1. The van der Waals surface area contributed by atoms with E-state index in [0.717, 1.165) is 46.9 Å². The lowest BCUT2D eigenvalue weighted by molar-refractivity contribution is 0.0697. The Morgan fingerprint density at radius 3 is 2.26 bits per heavy atom. The summed E-state index contributed by atoms with van der Waals surface area (Å²) in [6.07, 6.45) is 9.51. The Balaban J connectivity index is 1.31. The first kappa shape index (κ1) is 30.1. The van der Waals surface area contributed by atoms with Crippen molar-refractivity contribution in [1.29, 1.82) is 0 Å². The molecular weight excluding hydrogens is 577 g/mol. The Morgan fingerprint density at radius 1 is 0.884 bits per heavy atom. The molecule has 5 nitrogen and oxygen atoms in total. The van der Waals surface area contributed by atoms with Crippen LogP contribution in [0.1, 0.15) is 58.2 Å². The molecule has 0 saturated carbocycles. The van der Waals surface area contributed by atoms with Crippen LogP contribution in [0.2, 0.25) is 10.0 Å². The summed E-state index contributed by atoms with van der Waals surface area (Å²) < 4.78 is 2.02. The predicted molar refractivity (Wildman–Crippen MR) is 178 cm³/mol. The van der Waals surface area contributed by atoms with E-state index in [1.54, 1.807) is 24.3 Å². The smallest absolute Gasteiger partial charge is 0.335 e. The topological polar surface area (TPSA) is 67.2 Å². The van der Waals surface area contributed by atoms with Gasteiger partial charge in [0.25, 0.3) is 0 Å². The van der Waals surface area contributed by atoms with Crippen molar-refractivity contribution in [2.75, 3.05) is 5.32 Å². The van der Waals surface area contributed by atoms with Crippen molar-refractivity contribution in [1.82, 2.24) is 9.55 Å². The highest BCUT2D eigenvalue weighted by Crippen LogP contribution is 2.30. The lowest BCUT2D eigenvalue weighted by atomic mass is 10.1. The van der Waals surface area contributed by atoms with Gasteiger partial charge in [-0.2, -0.15) is 0 Å². The molecule has 0 saturated heterocycles. The number of nitrogens with zero attached hydrogens (tertiary/aromatic N) is 2. The number of imidazole rings is 1. The second kappa shape index (κ2) is 14.2. The number of unbranched alkanes of at least 4 members (excludes halogenated alkanes) is 1. The third kappa shape index (κ3) is 8.16. The maximum atomic E-state index is 11.3. The molecule has 0 atom stereocenters. The van der Waals surface area contributed by atoms with Crippen LogP contribution >= 0.6 is 23.2 Å². The summed E-state index contributed by atoms with van der Waals surface area (Å²) in [5.41, 5.74) is 7.45. The molecular formula is C36H33Cl2N3O2. The van der Waals surface area contributed by atoms with E-state index in [2.05, 4.69) is 60.8 Å². The Labute approximate surface area is 262 Å². The van der Waals surface area contributed by atoms with Gasteiger partial charge in [0.15, 0.2) is 0 Å². The molecule has 0 aliphatic carbocycles. The van der Waals surface area contributed by atoms with Gasteiger partial charge in [-0.05, 0) is 83.6 Å². The van der Waals surface area contributed by atoms with Gasteiger partial charge in [-0.1, -0.05) is 91.2 Å². The van der Waals surface area contributed by atoms with Crippen LogP contribution in [-0.4, -0.2) is 20.6 Å². The maximum absolute atomic E-state index is 11.3. The minimum atomic E-state index is -0.949. The van der Waals surface area contributed by atoms with Gasteiger partial charge in [0.05, 0.1) is 16.3 Å². The summed E-state index contributed by atoms with van der Waals surface area (Å²) in [4.78, 5) is 16.1. The molecule has 0 spiro atoms. The highest BCUT2D eigenvalue weighted by Gasteiger charge is 2.12. The van der Waals surface area contributed by atoms with Crippen molar-refractivity contribution in [3.05, 3.63) is 141 Å². The molecule has 5 aromatic rings. The fraction of sp³-hybridized carbons (Fsp3) is 0.167. The summed E-state index contributed by atoms with van der Waals surface area (Å²) in [5, 5.41) is 13.8. The first-order valence-corrected chi connectivity index (χ1v) is 15.1. The lowest BCUT2D eigenvalue weighted by Crippen LogP contribution is -2.02. The van der Waals surface area contributed by atoms with E-state index in [1.165, 1.54) is 24.0 Å². The summed E-state index contributed by atoms with van der Waals surface area (Å²) in [5.74, 6) is -0.205. The molecule has 2 N–H and O–H groups in total. The molecule has 0 aliphatic rings. The van der Waals surface area contributed by atoms with Gasteiger partial charge in [0.1, 0.15) is 5.82 Å².